The number of nitrogens with zero attached hydrogens (tertiary/aromatic N) is 2. The molecule has 0 unspecified atom stereocenters. The van der Waals surface area contributed by atoms with Crippen molar-refractivity contribution in [1.82, 2.24) is 9.97 Å². The van der Waals surface area contributed by atoms with Crippen molar-refractivity contribution in [3.8, 4) is 5.75 Å². The lowest BCUT2D eigenvalue weighted by Gasteiger charge is -2.05. The standard InChI is InChI=1S/C16H15N3O4/c1-8-9(2)23-15-13(8)14(17)18-12(19-15)7-22-16(21)10-3-5-11(20)6-4-10/h3-6,20H,7H2,1-2H3,(H2,17,18,19). The van der Waals surface area contributed by atoms with E-state index in [4.69, 9.17) is 14.9 Å². The summed E-state index contributed by atoms with van der Waals surface area (Å²) in [6.45, 7) is 3.57. The van der Waals surface area contributed by atoms with E-state index in [9.17, 15) is 9.90 Å². The average molecular weight is 313 g/mol. The van der Waals surface area contributed by atoms with Gasteiger partial charge in [0.15, 0.2) is 12.4 Å². The number of aryl methyl sites for hydroxylation is 2. The minimum atomic E-state index is -0.543. The second-order valence-electron chi connectivity index (χ2n) is 5.11. The summed E-state index contributed by atoms with van der Waals surface area (Å²) in [5, 5.41) is 9.88. The van der Waals surface area contributed by atoms with Crippen LogP contribution in [0.3, 0.4) is 0 Å². The van der Waals surface area contributed by atoms with Crippen molar-refractivity contribution in [2.75, 3.05) is 5.73 Å². The van der Waals surface area contributed by atoms with Crippen molar-refractivity contribution < 1.29 is 19.1 Å². The number of hydrogen-bond donors (Lipinski definition) is 2. The number of rotatable bonds is 3. The van der Waals surface area contributed by atoms with Crippen LogP contribution in [0.4, 0.5) is 5.82 Å². The Morgan fingerprint density at radius 3 is 2.65 bits per heavy atom. The van der Waals surface area contributed by atoms with Gasteiger partial charge in [-0.05, 0) is 38.1 Å². The van der Waals surface area contributed by atoms with Crippen LogP contribution in [0.2, 0.25) is 0 Å². The van der Waals surface area contributed by atoms with E-state index >= 15 is 0 Å². The van der Waals surface area contributed by atoms with Crippen molar-refractivity contribution in [2.24, 2.45) is 0 Å². The lowest BCUT2D eigenvalue weighted by molar-refractivity contribution is 0.0462. The highest BCUT2D eigenvalue weighted by molar-refractivity contribution is 5.90. The molecule has 0 atom stereocenters. The number of aromatic hydroxyl groups is 1. The van der Waals surface area contributed by atoms with Gasteiger partial charge in [-0.25, -0.2) is 9.78 Å². The van der Waals surface area contributed by atoms with E-state index in [1.54, 1.807) is 0 Å². The third kappa shape index (κ3) is 2.80. The number of carbonyl (C=O) groups excluding carboxylic acids is 1. The van der Waals surface area contributed by atoms with Crippen molar-refractivity contribution in [2.45, 2.75) is 20.5 Å². The zero-order chi connectivity index (χ0) is 16.6. The summed E-state index contributed by atoms with van der Waals surface area (Å²) in [5.41, 5.74) is 7.52. The maximum atomic E-state index is 11.9. The van der Waals surface area contributed by atoms with Gasteiger partial charge in [-0.15, -0.1) is 0 Å². The minimum Gasteiger partial charge on any atom is -0.508 e. The molecule has 0 spiro atoms. The quantitative estimate of drug-likeness (QED) is 0.714. The van der Waals surface area contributed by atoms with Crippen LogP contribution in [0, 0.1) is 13.8 Å². The topological polar surface area (TPSA) is 111 Å². The lowest BCUT2D eigenvalue weighted by Crippen LogP contribution is -2.08. The van der Waals surface area contributed by atoms with Crippen LogP contribution < -0.4 is 5.73 Å². The predicted molar refractivity (Wildman–Crippen MR) is 82.9 cm³/mol. The molecule has 7 nitrogen and oxygen atoms in total. The van der Waals surface area contributed by atoms with Gasteiger partial charge in [-0.1, -0.05) is 0 Å². The monoisotopic (exact) mass is 313 g/mol. The van der Waals surface area contributed by atoms with Crippen LogP contribution in [0.25, 0.3) is 11.1 Å². The predicted octanol–water partition coefficient (Wildman–Crippen LogP) is 2.48. The molecular weight excluding hydrogens is 298 g/mol. The Kier molecular flexibility index (Phi) is 3.61. The highest BCUT2D eigenvalue weighted by Crippen LogP contribution is 2.27. The number of ether oxygens (including phenoxy) is 1. The van der Waals surface area contributed by atoms with E-state index in [1.165, 1.54) is 24.3 Å². The van der Waals surface area contributed by atoms with Gasteiger partial charge in [0.25, 0.3) is 0 Å². The van der Waals surface area contributed by atoms with Gasteiger partial charge in [0.2, 0.25) is 5.71 Å². The summed E-state index contributed by atoms with van der Waals surface area (Å²) in [5.74, 6) is 0.806. The van der Waals surface area contributed by atoms with Gasteiger partial charge in [0.05, 0.1) is 10.9 Å². The number of nitrogen functional groups attached to an aromatic ring is 1. The molecular formula is C16H15N3O4. The smallest absolute Gasteiger partial charge is 0.338 e. The van der Waals surface area contributed by atoms with E-state index in [0.29, 0.717) is 22.5 Å². The number of nitrogens with two attached hydrogens (primary N) is 1. The Balaban J connectivity index is 1.79. The molecule has 3 aromatic rings. The van der Waals surface area contributed by atoms with E-state index in [2.05, 4.69) is 9.97 Å². The Hall–Kier alpha value is -3.09. The van der Waals surface area contributed by atoms with Crippen molar-refractivity contribution in [3.63, 3.8) is 0 Å². The first-order valence-electron chi connectivity index (χ1n) is 6.94. The summed E-state index contributed by atoms with van der Waals surface area (Å²) in [7, 11) is 0. The average Bonchev–Trinajstić information content (AvgIpc) is 2.80. The van der Waals surface area contributed by atoms with Crippen LogP contribution in [0.5, 0.6) is 5.75 Å². The number of furan rings is 1. The Morgan fingerprint density at radius 1 is 1.26 bits per heavy atom. The molecule has 0 radical (unpaired) electrons. The zero-order valence-electron chi connectivity index (χ0n) is 12.7. The molecule has 0 aliphatic rings. The van der Waals surface area contributed by atoms with E-state index in [1.807, 2.05) is 13.8 Å². The van der Waals surface area contributed by atoms with Gasteiger partial charge in [0, 0.05) is 5.56 Å². The maximum absolute atomic E-state index is 11.9. The second-order valence-corrected chi connectivity index (χ2v) is 5.11. The van der Waals surface area contributed by atoms with E-state index in [-0.39, 0.29) is 18.2 Å². The molecule has 0 bridgehead atoms. The van der Waals surface area contributed by atoms with Crippen LogP contribution in [0.15, 0.2) is 28.7 Å². The zero-order valence-corrected chi connectivity index (χ0v) is 12.7. The second kappa shape index (κ2) is 5.60. The highest BCUT2D eigenvalue weighted by Gasteiger charge is 2.15. The first-order valence-corrected chi connectivity index (χ1v) is 6.94. The van der Waals surface area contributed by atoms with E-state index in [0.717, 1.165) is 11.3 Å². The number of carbonyl (C=O) groups is 1. The number of phenolic OH excluding ortho intramolecular Hbond substituents is 1. The third-order valence-electron chi connectivity index (χ3n) is 3.54. The number of anilines is 1. The molecule has 3 N–H and O–H groups in total. The number of phenols is 1. The normalized spacial score (nSPS) is 10.9. The third-order valence-corrected chi connectivity index (χ3v) is 3.54. The Morgan fingerprint density at radius 2 is 1.96 bits per heavy atom. The molecule has 0 aliphatic carbocycles. The molecule has 0 aliphatic heterocycles. The van der Waals surface area contributed by atoms with Crippen LogP contribution in [-0.4, -0.2) is 21.0 Å². The Bertz CT molecular complexity index is 884. The van der Waals surface area contributed by atoms with Crippen molar-refractivity contribution >= 4 is 22.9 Å². The first-order chi connectivity index (χ1) is 11.0. The Labute approximate surface area is 131 Å². The van der Waals surface area contributed by atoms with E-state index < -0.39 is 5.97 Å². The van der Waals surface area contributed by atoms with Crippen LogP contribution in [-0.2, 0) is 11.3 Å². The fourth-order valence-corrected chi connectivity index (χ4v) is 2.20. The maximum Gasteiger partial charge on any atom is 0.338 e. The highest BCUT2D eigenvalue weighted by atomic mass is 16.5. The first kappa shape index (κ1) is 14.8. The minimum absolute atomic E-state index is 0.0756. The summed E-state index contributed by atoms with van der Waals surface area (Å²) in [6.07, 6.45) is 0. The molecule has 118 valence electrons. The summed E-state index contributed by atoms with van der Waals surface area (Å²) in [4.78, 5) is 20.3. The molecule has 0 amide bonds. The lowest BCUT2D eigenvalue weighted by atomic mass is 10.2. The molecule has 0 saturated heterocycles. The molecule has 2 heterocycles. The summed E-state index contributed by atoms with van der Waals surface area (Å²) < 4.78 is 10.7. The molecule has 3 rings (SSSR count). The largest absolute Gasteiger partial charge is 0.508 e. The summed E-state index contributed by atoms with van der Waals surface area (Å²) in [6, 6.07) is 5.75. The number of esters is 1. The van der Waals surface area contributed by atoms with Gasteiger partial charge < -0.3 is 20.0 Å². The number of hydrogen-bond acceptors (Lipinski definition) is 7. The fraction of sp³-hybridized carbons (Fsp3) is 0.188. The van der Waals surface area contributed by atoms with Gasteiger partial charge in [-0.3, -0.25) is 0 Å². The van der Waals surface area contributed by atoms with Crippen molar-refractivity contribution in [1.29, 1.82) is 0 Å². The van der Waals surface area contributed by atoms with Crippen LogP contribution >= 0.6 is 0 Å². The number of aromatic nitrogens is 2. The molecule has 7 heteroatoms. The van der Waals surface area contributed by atoms with Gasteiger partial charge in [-0.2, -0.15) is 4.98 Å². The van der Waals surface area contributed by atoms with Gasteiger partial charge in [0.1, 0.15) is 17.3 Å². The van der Waals surface area contributed by atoms with Crippen molar-refractivity contribution in [3.05, 3.63) is 47.0 Å². The molecule has 1 aromatic carbocycles. The van der Waals surface area contributed by atoms with Gasteiger partial charge >= 0.3 is 5.97 Å². The number of benzene rings is 1. The molecule has 0 saturated carbocycles. The molecule has 23 heavy (non-hydrogen) atoms. The number of fused-ring (bicyclic) bond motifs is 1. The fourth-order valence-electron chi connectivity index (χ4n) is 2.20. The SMILES string of the molecule is Cc1oc2nc(COC(=O)c3ccc(O)cc3)nc(N)c2c1C. The summed E-state index contributed by atoms with van der Waals surface area (Å²) >= 11 is 0. The molecule has 2 aromatic heterocycles. The van der Waals surface area contributed by atoms with Crippen LogP contribution in [0.1, 0.15) is 27.5 Å². The molecule has 0 fully saturated rings.